The third-order valence-electron chi connectivity index (χ3n) is 2.84. The van der Waals surface area contributed by atoms with Crippen LogP contribution in [0.2, 0.25) is 5.02 Å². The van der Waals surface area contributed by atoms with Gasteiger partial charge in [0.1, 0.15) is 5.82 Å². The zero-order chi connectivity index (χ0) is 13.0. The van der Waals surface area contributed by atoms with Crippen LogP contribution in [0.25, 0.3) is 0 Å². The maximum Gasteiger partial charge on any atom is 0.125 e. The molecule has 100 valence electrons. The quantitative estimate of drug-likeness (QED) is 0.914. The number of nitrogens with zero attached hydrogens (tertiary/aromatic N) is 1. The molecule has 2 rings (SSSR count). The highest BCUT2D eigenvalue weighted by Crippen LogP contribution is 2.31. The predicted octanol–water partition coefficient (Wildman–Crippen LogP) is 2.99. The first-order valence-electron chi connectivity index (χ1n) is 5.85. The molecule has 1 aromatic rings. The smallest absolute Gasteiger partial charge is 0.125 e. The average molecular weight is 338 g/mol. The molecule has 0 radical (unpaired) electrons. The minimum atomic E-state index is -0.342. The van der Waals surface area contributed by atoms with E-state index in [1.165, 1.54) is 12.1 Å². The van der Waals surface area contributed by atoms with Crippen LogP contribution < -0.4 is 5.32 Å². The predicted molar refractivity (Wildman–Crippen MR) is 74.9 cm³/mol. The fourth-order valence-electron chi connectivity index (χ4n) is 1.87. The summed E-state index contributed by atoms with van der Waals surface area (Å²) in [6.07, 6.45) is 0. The fourth-order valence-corrected chi connectivity index (χ4v) is 2.83. The summed E-state index contributed by atoms with van der Waals surface area (Å²) in [5, 5.41) is 3.62. The summed E-state index contributed by atoms with van der Waals surface area (Å²) in [7, 11) is 0. The Hall–Kier alpha value is -0.360. The van der Waals surface area contributed by atoms with E-state index < -0.39 is 0 Å². The summed E-state index contributed by atoms with van der Waals surface area (Å²) >= 11 is 9.29. The largest absolute Gasteiger partial charge is 0.382 e. The second kappa shape index (κ2) is 6.70. The van der Waals surface area contributed by atoms with Crippen molar-refractivity contribution in [2.24, 2.45) is 0 Å². The van der Waals surface area contributed by atoms with E-state index in [9.17, 15) is 4.39 Å². The normalized spacial score (nSPS) is 16.8. The molecule has 0 saturated carbocycles. The lowest BCUT2D eigenvalue weighted by Crippen LogP contribution is -2.39. The first-order valence-corrected chi connectivity index (χ1v) is 7.02. The minimum Gasteiger partial charge on any atom is -0.382 e. The molecule has 6 heteroatoms. The van der Waals surface area contributed by atoms with E-state index in [2.05, 4.69) is 26.1 Å². The Kier molecular flexibility index (Phi) is 5.24. The third kappa shape index (κ3) is 3.82. The van der Waals surface area contributed by atoms with Gasteiger partial charge in [0.2, 0.25) is 0 Å². The molecule has 1 heterocycles. The SMILES string of the molecule is Fc1cc(Cl)c(NCCN2CCOCC2)c(Br)c1. The van der Waals surface area contributed by atoms with Gasteiger partial charge in [-0.1, -0.05) is 11.6 Å². The van der Waals surface area contributed by atoms with Gasteiger partial charge in [0.05, 0.1) is 23.9 Å². The van der Waals surface area contributed by atoms with Gasteiger partial charge in [-0.3, -0.25) is 4.90 Å². The Balaban J connectivity index is 1.86. The first-order chi connectivity index (χ1) is 8.66. The van der Waals surface area contributed by atoms with E-state index in [0.717, 1.165) is 45.1 Å². The van der Waals surface area contributed by atoms with Gasteiger partial charge in [0.15, 0.2) is 0 Å². The van der Waals surface area contributed by atoms with Crippen molar-refractivity contribution in [2.45, 2.75) is 0 Å². The monoisotopic (exact) mass is 336 g/mol. The van der Waals surface area contributed by atoms with Gasteiger partial charge in [0.25, 0.3) is 0 Å². The molecule has 0 spiro atoms. The molecular formula is C12H15BrClFN2O. The lowest BCUT2D eigenvalue weighted by atomic mass is 10.3. The highest BCUT2D eigenvalue weighted by Gasteiger charge is 2.11. The van der Waals surface area contributed by atoms with Gasteiger partial charge in [-0.05, 0) is 28.1 Å². The summed E-state index contributed by atoms with van der Waals surface area (Å²) in [6.45, 7) is 5.19. The number of halogens is 3. The van der Waals surface area contributed by atoms with Crippen LogP contribution in [-0.2, 0) is 4.74 Å². The van der Waals surface area contributed by atoms with Gasteiger partial charge in [-0.25, -0.2) is 4.39 Å². The second-order valence-electron chi connectivity index (χ2n) is 4.13. The molecule has 0 aliphatic carbocycles. The van der Waals surface area contributed by atoms with Crippen molar-refractivity contribution < 1.29 is 9.13 Å². The van der Waals surface area contributed by atoms with Crippen molar-refractivity contribution in [1.29, 1.82) is 0 Å². The number of benzene rings is 1. The van der Waals surface area contributed by atoms with Crippen LogP contribution >= 0.6 is 27.5 Å². The maximum absolute atomic E-state index is 13.1. The zero-order valence-corrected chi connectivity index (χ0v) is 12.2. The zero-order valence-electron chi connectivity index (χ0n) is 9.89. The molecule has 0 atom stereocenters. The van der Waals surface area contributed by atoms with Gasteiger partial charge >= 0.3 is 0 Å². The molecule has 1 fully saturated rings. The molecule has 1 aliphatic heterocycles. The number of ether oxygens (including phenoxy) is 1. The summed E-state index contributed by atoms with van der Waals surface area (Å²) in [5.74, 6) is -0.342. The van der Waals surface area contributed by atoms with E-state index in [-0.39, 0.29) is 5.82 Å². The standard InChI is InChI=1S/C12H15BrClFN2O/c13-10-7-9(15)8-11(14)12(10)16-1-2-17-3-5-18-6-4-17/h7-8,16H,1-6H2. The number of hydrogen-bond acceptors (Lipinski definition) is 3. The van der Waals surface area contributed by atoms with Crippen LogP contribution in [0, 0.1) is 5.82 Å². The van der Waals surface area contributed by atoms with Crippen molar-refractivity contribution in [3.8, 4) is 0 Å². The molecule has 1 aromatic carbocycles. The topological polar surface area (TPSA) is 24.5 Å². The van der Waals surface area contributed by atoms with E-state index in [1.54, 1.807) is 0 Å². The molecule has 0 unspecified atom stereocenters. The van der Waals surface area contributed by atoms with Gasteiger partial charge in [-0.15, -0.1) is 0 Å². The molecule has 1 saturated heterocycles. The fraction of sp³-hybridized carbons (Fsp3) is 0.500. The second-order valence-corrected chi connectivity index (χ2v) is 5.39. The molecule has 0 amide bonds. The van der Waals surface area contributed by atoms with Crippen molar-refractivity contribution in [2.75, 3.05) is 44.7 Å². The Morgan fingerprint density at radius 1 is 1.39 bits per heavy atom. The van der Waals surface area contributed by atoms with E-state index >= 15 is 0 Å². The van der Waals surface area contributed by atoms with Crippen LogP contribution in [-0.4, -0.2) is 44.3 Å². The highest BCUT2D eigenvalue weighted by molar-refractivity contribution is 9.10. The van der Waals surface area contributed by atoms with Gasteiger partial charge in [-0.2, -0.15) is 0 Å². The summed E-state index contributed by atoms with van der Waals surface area (Å²) in [4.78, 5) is 2.32. The highest BCUT2D eigenvalue weighted by atomic mass is 79.9. The van der Waals surface area contributed by atoms with Crippen LogP contribution in [0.1, 0.15) is 0 Å². The summed E-state index contributed by atoms with van der Waals surface area (Å²) < 4.78 is 19.0. The maximum atomic E-state index is 13.1. The van der Waals surface area contributed by atoms with E-state index in [0.29, 0.717) is 9.50 Å². The lowest BCUT2D eigenvalue weighted by Gasteiger charge is -2.26. The van der Waals surface area contributed by atoms with E-state index in [4.69, 9.17) is 16.3 Å². The number of anilines is 1. The van der Waals surface area contributed by atoms with Crippen LogP contribution in [0.5, 0.6) is 0 Å². The van der Waals surface area contributed by atoms with Crippen molar-refractivity contribution >= 4 is 33.2 Å². The van der Waals surface area contributed by atoms with Crippen LogP contribution in [0.4, 0.5) is 10.1 Å². The molecule has 1 aliphatic rings. The number of nitrogens with one attached hydrogen (secondary N) is 1. The van der Waals surface area contributed by atoms with Crippen molar-refractivity contribution in [3.63, 3.8) is 0 Å². The average Bonchev–Trinajstić information content (AvgIpc) is 2.34. The molecule has 0 bridgehead atoms. The first kappa shape index (κ1) is 14.1. The summed E-state index contributed by atoms with van der Waals surface area (Å²) in [5.41, 5.74) is 0.742. The molecule has 1 N–H and O–H groups in total. The number of morpholine rings is 1. The Morgan fingerprint density at radius 3 is 2.78 bits per heavy atom. The van der Waals surface area contributed by atoms with Crippen molar-refractivity contribution in [1.82, 2.24) is 4.90 Å². The van der Waals surface area contributed by atoms with Crippen LogP contribution in [0.15, 0.2) is 16.6 Å². The third-order valence-corrected chi connectivity index (χ3v) is 3.76. The van der Waals surface area contributed by atoms with Crippen molar-refractivity contribution in [3.05, 3.63) is 27.4 Å². The number of rotatable bonds is 4. The lowest BCUT2D eigenvalue weighted by molar-refractivity contribution is 0.0398. The van der Waals surface area contributed by atoms with E-state index in [1.807, 2.05) is 0 Å². The molecule has 0 aromatic heterocycles. The van der Waals surface area contributed by atoms with Gasteiger partial charge < -0.3 is 10.1 Å². The summed E-state index contributed by atoms with van der Waals surface area (Å²) in [6, 6.07) is 2.71. The minimum absolute atomic E-state index is 0.342. The van der Waals surface area contributed by atoms with Gasteiger partial charge in [0, 0.05) is 30.7 Å². The number of hydrogen-bond donors (Lipinski definition) is 1. The molecule has 3 nitrogen and oxygen atoms in total. The molecule has 18 heavy (non-hydrogen) atoms. The Morgan fingerprint density at radius 2 is 2.11 bits per heavy atom. The van der Waals surface area contributed by atoms with Crippen LogP contribution in [0.3, 0.4) is 0 Å². The molecular weight excluding hydrogens is 322 g/mol. The Labute approximate surface area is 119 Å². The Bertz CT molecular complexity index is 390.